The van der Waals surface area contributed by atoms with Crippen LogP contribution in [-0.2, 0) is 16.0 Å². The molecule has 0 bridgehead atoms. The summed E-state index contributed by atoms with van der Waals surface area (Å²) in [6, 6.07) is 9.53. The monoisotopic (exact) mass is 283 g/mol. The summed E-state index contributed by atoms with van der Waals surface area (Å²) >= 11 is 0. The van der Waals surface area contributed by atoms with Crippen LogP contribution in [0, 0.1) is 0 Å². The minimum absolute atomic E-state index is 0.0179. The molecule has 0 fully saturated rings. The Kier molecular flexibility index (Phi) is 3.59. The zero-order valence-electron chi connectivity index (χ0n) is 11.4. The third-order valence-corrected chi connectivity index (χ3v) is 2.93. The van der Waals surface area contributed by atoms with Crippen LogP contribution in [0.4, 0.5) is 0 Å². The standard InChI is InChI=1S/C15H13N3O3/c1-2-20-14(19)9-13-17-15(18-21-13)11-5-6-12-10(8-11)4-3-7-16-12/h3-8H,2,9H2,1H3. The molecule has 2 heterocycles. The quantitative estimate of drug-likeness (QED) is 0.684. The fraction of sp³-hybridized carbons (Fsp3) is 0.200. The van der Waals surface area contributed by atoms with Crippen molar-refractivity contribution in [3.8, 4) is 11.4 Å². The smallest absolute Gasteiger partial charge is 0.315 e. The Morgan fingerprint density at radius 1 is 1.33 bits per heavy atom. The van der Waals surface area contributed by atoms with Crippen LogP contribution in [-0.4, -0.2) is 27.7 Å². The molecule has 3 rings (SSSR count). The number of hydrogen-bond acceptors (Lipinski definition) is 6. The summed E-state index contributed by atoms with van der Waals surface area (Å²) in [5.41, 5.74) is 1.71. The van der Waals surface area contributed by atoms with E-state index in [1.54, 1.807) is 13.1 Å². The minimum atomic E-state index is -0.379. The van der Waals surface area contributed by atoms with Crippen molar-refractivity contribution < 1.29 is 14.1 Å². The molecule has 6 heteroatoms. The van der Waals surface area contributed by atoms with E-state index in [1.165, 1.54) is 0 Å². The molecular formula is C15H13N3O3. The molecule has 6 nitrogen and oxygen atoms in total. The summed E-state index contributed by atoms with van der Waals surface area (Å²) in [6.07, 6.45) is 1.73. The van der Waals surface area contributed by atoms with Gasteiger partial charge in [-0.05, 0) is 31.2 Å². The van der Waals surface area contributed by atoms with Crippen molar-refractivity contribution >= 4 is 16.9 Å². The number of rotatable bonds is 4. The van der Waals surface area contributed by atoms with Crippen LogP contribution in [0.1, 0.15) is 12.8 Å². The lowest BCUT2D eigenvalue weighted by atomic mass is 10.1. The highest BCUT2D eigenvalue weighted by molar-refractivity contribution is 5.83. The summed E-state index contributed by atoms with van der Waals surface area (Å²) < 4.78 is 9.91. The van der Waals surface area contributed by atoms with Gasteiger partial charge in [-0.25, -0.2) is 0 Å². The van der Waals surface area contributed by atoms with Gasteiger partial charge >= 0.3 is 5.97 Å². The van der Waals surface area contributed by atoms with Crippen LogP contribution in [0.25, 0.3) is 22.3 Å². The number of esters is 1. The maximum atomic E-state index is 11.4. The number of fused-ring (bicyclic) bond motifs is 1. The summed E-state index contributed by atoms with van der Waals surface area (Å²) in [5.74, 6) is 0.310. The second-order valence-corrected chi connectivity index (χ2v) is 4.40. The van der Waals surface area contributed by atoms with Crippen molar-refractivity contribution in [3.05, 3.63) is 42.4 Å². The zero-order valence-corrected chi connectivity index (χ0v) is 11.4. The van der Waals surface area contributed by atoms with Crippen molar-refractivity contribution in [1.29, 1.82) is 0 Å². The number of ether oxygens (including phenoxy) is 1. The highest BCUT2D eigenvalue weighted by Crippen LogP contribution is 2.21. The largest absolute Gasteiger partial charge is 0.466 e. The molecule has 3 aromatic rings. The van der Waals surface area contributed by atoms with Gasteiger partial charge in [0.25, 0.3) is 0 Å². The third kappa shape index (κ3) is 2.89. The van der Waals surface area contributed by atoms with Crippen LogP contribution in [0.2, 0.25) is 0 Å². The summed E-state index contributed by atoms with van der Waals surface area (Å²) in [7, 11) is 0. The first-order valence-corrected chi connectivity index (χ1v) is 6.59. The molecule has 0 radical (unpaired) electrons. The summed E-state index contributed by atoms with van der Waals surface area (Å²) in [5, 5.41) is 4.88. The predicted octanol–water partition coefficient (Wildman–Crippen LogP) is 2.39. The maximum Gasteiger partial charge on any atom is 0.315 e. The van der Waals surface area contributed by atoms with Gasteiger partial charge in [0.2, 0.25) is 11.7 Å². The van der Waals surface area contributed by atoms with Crippen LogP contribution < -0.4 is 0 Å². The molecule has 0 unspecified atom stereocenters. The van der Waals surface area contributed by atoms with E-state index >= 15 is 0 Å². The number of nitrogens with zero attached hydrogens (tertiary/aromatic N) is 3. The Hall–Kier alpha value is -2.76. The highest BCUT2D eigenvalue weighted by Gasteiger charge is 2.13. The van der Waals surface area contributed by atoms with Crippen LogP contribution in [0.3, 0.4) is 0 Å². The van der Waals surface area contributed by atoms with Crippen LogP contribution in [0.5, 0.6) is 0 Å². The summed E-state index contributed by atoms with van der Waals surface area (Å²) in [6.45, 7) is 2.08. The topological polar surface area (TPSA) is 78.1 Å². The number of carbonyl (C=O) groups is 1. The van der Waals surface area contributed by atoms with Gasteiger partial charge in [-0.3, -0.25) is 9.78 Å². The SMILES string of the molecule is CCOC(=O)Cc1nc(-c2ccc3ncccc3c2)no1. The fourth-order valence-corrected chi connectivity index (χ4v) is 1.99. The Bertz CT molecular complexity index is 782. The van der Waals surface area contributed by atoms with E-state index in [2.05, 4.69) is 15.1 Å². The molecule has 0 aliphatic rings. The number of hydrogen-bond donors (Lipinski definition) is 0. The molecule has 1 aromatic carbocycles. The minimum Gasteiger partial charge on any atom is -0.466 e. The third-order valence-electron chi connectivity index (χ3n) is 2.93. The van der Waals surface area contributed by atoms with E-state index in [9.17, 15) is 4.79 Å². The predicted molar refractivity (Wildman–Crippen MR) is 75.4 cm³/mol. The molecule has 0 atom stereocenters. The molecule has 0 spiro atoms. The van der Waals surface area contributed by atoms with Gasteiger partial charge in [-0.2, -0.15) is 4.98 Å². The lowest BCUT2D eigenvalue weighted by Gasteiger charge is -1.98. The first-order chi connectivity index (χ1) is 10.3. The zero-order chi connectivity index (χ0) is 14.7. The molecule has 0 saturated heterocycles. The lowest BCUT2D eigenvalue weighted by molar-refractivity contribution is -0.142. The van der Waals surface area contributed by atoms with E-state index < -0.39 is 0 Å². The van der Waals surface area contributed by atoms with Crippen LogP contribution in [0.15, 0.2) is 41.1 Å². The van der Waals surface area contributed by atoms with Gasteiger partial charge in [0.1, 0.15) is 6.42 Å². The average Bonchev–Trinajstić information content (AvgIpc) is 2.95. The number of carbonyl (C=O) groups excluding carboxylic acids is 1. The summed E-state index contributed by atoms with van der Waals surface area (Å²) in [4.78, 5) is 19.8. The van der Waals surface area contributed by atoms with Gasteiger partial charge in [0, 0.05) is 17.1 Å². The van der Waals surface area contributed by atoms with E-state index in [-0.39, 0.29) is 18.3 Å². The molecule has 0 aliphatic heterocycles. The lowest BCUT2D eigenvalue weighted by Crippen LogP contribution is -2.07. The second-order valence-electron chi connectivity index (χ2n) is 4.40. The first kappa shape index (κ1) is 13.2. The van der Waals surface area contributed by atoms with E-state index in [4.69, 9.17) is 9.26 Å². The Morgan fingerprint density at radius 3 is 3.10 bits per heavy atom. The van der Waals surface area contributed by atoms with Gasteiger partial charge < -0.3 is 9.26 Å². The molecule has 106 valence electrons. The average molecular weight is 283 g/mol. The van der Waals surface area contributed by atoms with Gasteiger partial charge in [0.15, 0.2) is 0 Å². The first-order valence-electron chi connectivity index (χ1n) is 6.59. The highest BCUT2D eigenvalue weighted by atomic mass is 16.5. The van der Waals surface area contributed by atoms with Crippen LogP contribution >= 0.6 is 0 Å². The van der Waals surface area contributed by atoms with E-state index in [0.717, 1.165) is 16.5 Å². The second kappa shape index (κ2) is 5.70. The number of aromatic nitrogens is 3. The fourth-order valence-electron chi connectivity index (χ4n) is 1.99. The normalized spacial score (nSPS) is 10.7. The number of benzene rings is 1. The Morgan fingerprint density at radius 2 is 2.24 bits per heavy atom. The van der Waals surface area contributed by atoms with Crippen molar-refractivity contribution in [1.82, 2.24) is 15.1 Å². The Labute approximate surface area is 120 Å². The van der Waals surface area contributed by atoms with Gasteiger partial charge in [-0.1, -0.05) is 11.2 Å². The van der Waals surface area contributed by atoms with Crippen molar-refractivity contribution in [3.63, 3.8) is 0 Å². The molecule has 0 aliphatic carbocycles. The molecular weight excluding hydrogens is 270 g/mol. The van der Waals surface area contributed by atoms with Gasteiger partial charge in [0.05, 0.1) is 12.1 Å². The van der Waals surface area contributed by atoms with Crippen molar-refractivity contribution in [2.24, 2.45) is 0 Å². The molecule has 0 amide bonds. The molecule has 2 aromatic heterocycles. The van der Waals surface area contributed by atoms with E-state index in [1.807, 2.05) is 30.3 Å². The van der Waals surface area contributed by atoms with Gasteiger partial charge in [-0.15, -0.1) is 0 Å². The van der Waals surface area contributed by atoms with Crippen molar-refractivity contribution in [2.75, 3.05) is 6.61 Å². The molecule has 21 heavy (non-hydrogen) atoms. The van der Waals surface area contributed by atoms with Crippen molar-refractivity contribution in [2.45, 2.75) is 13.3 Å². The Balaban J connectivity index is 1.85. The maximum absolute atomic E-state index is 11.4. The number of pyridine rings is 1. The van der Waals surface area contributed by atoms with E-state index in [0.29, 0.717) is 12.4 Å². The molecule has 0 N–H and O–H groups in total. The molecule has 0 saturated carbocycles.